The summed E-state index contributed by atoms with van der Waals surface area (Å²) in [7, 11) is 0. The van der Waals surface area contributed by atoms with E-state index in [1.54, 1.807) is 23.6 Å². The van der Waals surface area contributed by atoms with Crippen molar-refractivity contribution in [1.29, 1.82) is 5.26 Å². The van der Waals surface area contributed by atoms with Gasteiger partial charge in [0.1, 0.15) is 23.2 Å². The lowest BCUT2D eigenvalue weighted by atomic mass is 10.1. The number of carbonyl (C=O) groups excluding carboxylic acids is 1. The van der Waals surface area contributed by atoms with Gasteiger partial charge in [0.05, 0.1) is 17.1 Å². The molecule has 1 aliphatic rings. The SMILES string of the molecule is Cc1ccc(O)c(C)c1-n1c(N)c(C#N)c2cnc(NC(=O)[C@@H]3CCCN3)nc21. The van der Waals surface area contributed by atoms with Crippen molar-refractivity contribution in [3.05, 3.63) is 35.0 Å². The zero-order chi connectivity index (χ0) is 20.7. The Hall–Kier alpha value is -3.64. The van der Waals surface area contributed by atoms with E-state index in [9.17, 15) is 15.2 Å². The molecule has 1 aromatic carbocycles. The summed E-state index contributed by atoms with van der Waals surface area (Å²) in [6.07, 6.45) is 3.19. The molecule has 1 amide bonds. The Morgan fingerprint density at radius 1 is 1.45 bits per heavy atom. The van der Waals surface area contributed by atoms with E-state index in [4.69, 9.17) is 5.73 Å². The van der Waals surface area contributed by atoms with Crippen LogP contribution in [0.25, 0.3) is 16.7 Å². The van der Waals surface area contributed by atoms with Crippen LogP contribution in [0.2, 0.25) is 0 Å². The van der Waals surface area contributed by atoms with Gasteiger partial charge in [-0.05, 0) is 44.9 Å². The first-order valence-corrected chi connectivity index (χ1v) is 9.33. The number of nitriles is 1. The number of nitrogens with one attached hydrogen (secondary N) is 2. The number of nitrogens with zero attached hydrogens (tertiary/aromatic N) is 4. The van der Waals surface area contributed by atoms with Crippen molar-refractivity contribution in [1.82, 2.24) is 19.9 Å². The van der Waals surface area contributed by atoms with Crippen LogP contribution < -0.4 is 16.4 Å². The molecule has 0 aliphatic carbocycles. The van der Waals surface area contributed by atoms with Crippen molar-refractivity contribution < 1.29 is 9.90 Å². The highest BCUT2D eigenvalue weighted by Gasteiger charge is 2.25. The number of phenolic OH excluding ortho intramolecular Hbond substituents is 1. The number of hydrogen-bond donors (Lipinski definition) is 4. The molecular weight excluding hydrogens is 370 g/mol. The van der Waals surface area contributed by atoms with E-state index >= 15 is 0 Å². The highest BCUT2D eigenvalue weighted by molar-refractivity contribution is 5.96. The van der Waals surface area contributed by atoms with Gasteiger partial charge in [-0.25, -0.2) is 4.98 Å². The first-order chi connectivity index (χ1) is 13.9. The number of rotatable bonds is 3. The zero-order valence-corrected chi connectivity index (χ0v) is 16.2. The maximum absolute atomic E-state index is 12.4. The molecule has 0 spiro atoms. The summed E-state index contributed by atoms with van der Waals surface area (Å²) in [6, 6.07) is 5.21. The average Bonchev–Trinajstić information content (AvgIpc) is 3.32. The minimum atomic E-state index is -0.267. The van der Waals surface area contributed by atoms with Crippen molar-refractivity contribution in [2.75, 3.05) is 17.6 Å². The normalized spacial score (nSPS) is 16.1. The van der Waals surface area contributed by atoms with Gasteiger partial charge < -0.3 is 16.2 Å². The fourth-order valence-corrected chi connectivity index (χ4v) is 3.76. The number of amides is 1. The summed E-state index contributed by atoms with van der Waals surface area (Å²) in [5.41, 5.74) is 9.03. The number of hydrogen-bond acceptors (Lipinski definition) is 7. The van der Waals surface area contributed by atoms with Crippen molar-refractivity contribution in [2.24, 2.45) is 0 Å². The van der Waals surface area contributed by atoms with Crippen molar-refractivity contribution >= 4 is 28.7 Å². The molecule has 2 aromatic heterocycles. The van der Waals surface area contributed by atoms with Gasteiger partial charge in [0.2, 0.25) is 11.9 Å². The summed E-state index contributed by atoms with van der Waals surface area (Å²) in [5.74, 6) is 0.253. The minimum absolute atomic E-state index is 0.111. The monoisotopic (exact) mass is 391 g/mol. The lowest BCUT2D eigenvalue weighted by molar-refractivity contribution is -0.117. The summed E-state index contributed by atoms with van der Waals surface area (Å²) < 4.78 is 1.63. The van der Waals surface area contributed by atoms with Crippen LogP contribution in [-0.4, -0.2) is 38.1 Å². The lowest BCUT2D eigenvalue weighted by Crippen LogP contribution is -2.36. The molecular formula is C20H21N7O2. The van der Waals surface area contributed by atoms with Crippen LogP contribution in [0.1, 0.15) is 29.5 Å². The molecule has 3 heterocycles. The Bertz CT molecular complexity index is 1170. The Balaban J connectivity index is 1.88. The molecule has 3 aromatic rings. The van der Waals surface area contributed by atoms with Crippen LogP contribution in [0.5, 0.6) is 5.75 Å². The number of aryl methyl sites for hydroxylation is 1. The Morgan fingerprint density at radius 3 is 2.93 bits per heavy atom. The number of benzene rings is 1. The summed E-state index contributed by atoms with van der Waals surface area (Å²) in [4.78, 5) is 21.1. The molecule has 5 N–H and O–H groups in total. The lowest BCUT2D eigenvalue weighted by Gasteiger charge is -2.15. The van der Waals surface area contributed by atoms with Crippen LogP contribution in [0.15, 0.2) is 18.3 Å². The highest BCUT2D eigenvalue weighted by Crippen LogP contribution is 2.35. The minimum Gasteiger partial charge on any atom is -0.508 e. The third-order valence-electron chi connectivity index (χ3n) is 5.30. The van der Waals surface area contributed by atoms with Crippen LogP contribution >= 0.6 is 0 Å². The second-order valence-electron chi connectivity index (χ2n) is 7.15. The Kier molecular flexibility index (Phi) is 4.56. The molecule has 0 bridgehead atoms. The summed E-state index contributed by atoms with van der Waals surface area (Å²) in [6.45, 7) is 4.46. The van der Waals surface area contributed by atoms with E-state index in [0.29, 0.717) is 22.3 Å². The van der Waals surface area contributed by atoms with E-state index in [2.05, 4.69) is 26.7 Å². The van der Waals surface area contributed by atoms with Crippen LogP contribution in [0.4, 0.5) is 11.8 Å². The third-order valence-corrected chi connectivity index (χ3v) is 5.30. The smallest absolute Gasteiger partial charge is 0.243 e. The molecule has 0 saturated carbocycles. The van der Waals surface area contributed by atoms with Crippen LogP contribution in [-0.2, 0) is 4.79 Å². The number of nitrogen functional groups attached to an aromatic ring is 1. The molecule has 9 heteroatoms. The van der Waals surface area contributed by atoms with E-state index in [0.717, 1.165) is 24.9 Å². The van der Waals surface area contributed by atoms with Gasteiger partial charge >= 0.3 is 0 Å². The average molecular weight is 391 g/mol. The quantitative estimate of drug-likeness (QED) is 0.534. The standard InChI is InChI=1S/C20H21N7O2/c1-10-5-6-15(28)11(2)16(10)27-17(22)12(8-21)13-9-24-20(25-18(13)27)26-19(29)14-4-3-7-23-14/h5-6,9,14,23,28H,3-4,7,22H2,1-2H3,(H,24,25,26,29)/t14-/m0/s1. The van der Waals surface area contributed by atoms with E-state index in [-0.39, 0.29) is 35.0 Å². The third kappa shape index (κ3) is 3.03. The summed E-state index contributed by atoms with van der Waals surface area (Å²) >= 11 is 0. The molecule has 1 aliphatic heterocycles. The number of fused-ring (bicyclic) bond motifs is 1. The molecule has 4 rings (SSSR count). The predicted octanol–water partition coefficient (Wildman–Crippen LogP) is 1.89. The predicted molar refractivity (Wildman–Crippen MR) is 109 cm³/mol. The fraction of sp³-hybridized carbons (Fsp3) is 0.300. The van der Waals surface area contributed by atoms with Gasteiger partial charge in [0, 0.05) is 11.8 Å². The molecule has 0 radical (unpaired) electrons. The number of carbonyl (C=O) groups is 1. The second kappa shape index (κ2) is 7.07. The zero-order valence-electron chi connectivity index (χ0n) is 16.2. The number of phenols is 1. The Morgan fingerprint density at radius 2 is 2.24 bits per heavy atom. The molecule has 1 fully saturated rings. The summed E-state index contributed by atoms with van der Waals surface area (Å²) in [5, 5.41) is 26.1. The molecule has 1 atom stereocenters. The highest BCUT2D eigenvalue weighted by atomic mass is 16.3. The van der Waals surface area contributed by atoms with E-state index in [1.807, 2.05) is 6.92 Å². The maximum Gasteiger partial charge on any atom is 0.243 e. The second-order valence-corrected chi connectivity index (χ2v) is 7.15. The number of aromatic nitrogens is 3. The molecule has 29 heavy (non-hydrogen) atoms. The van der Waals surface area contributed by atoms with Crippen molar-refractivity contribution in [3.63, 3.8) is 0 Å². The number of anilines is 2. The number of aromatic hydroxyl groups is 1. The van der Waals surface area contributed by atoms with Gasteiger partial charge in [0.15, 0.2) is 5.65 Å². The van der Waals surface area contributed by atoms with E-state index < -0.39 is 0 Å². The number of nitrogens with two attached hydrogens (primary N) is 1. The molecule has 0 unspecified atom stereocenters. The molecule has 1 saturated heterocycles. The fourth-order valence-electron chi connectivity index (χ4n) is 3.76. The van der Waals surface area contributed by atoms with Gasteiger partial charge in [0.25, 0.3) is 0 Å². The van der Waals surface area contributed by atoms with Gasteiger partial charge in [-0.2, -0.15) is 10.2 Å². The van der Waals surface area contributed by atoms with E-state index in [1.165, 1.54) is 6.20 Å². The first-order valence-electron chi connectivity index (χ1n) is 9.33. The van der Waals surface area contributed by atoms with Gasteiger partial charge in [-0.1, -0.05) is 6.07 Å². The van der Waals surface area contributed by atoms with Gasteiger partial charge in [-0.15, -0.1) is 0 Å². The van der Waals surface area contributed by atoms with Gasteiger partial charge in [-0.3, -0.25) is 14.7 Å². The van der Waals surface area contributed by atoms with Crippen LogP contribution in [0.3, 0.4) is 0 Å². The Labute approximate surface area is 167 Å². The maximum atomic E-state index is 12.4. The van der Waals surface area contributed by atoms with Crippen molar-refractivity contribution in [2.45, 2.75) is 32.7 Å². The van der Waals surface area contributed by atoms with Crippen molar-refractivity contribution in [3.8, 4) is 17.5 Å². The van der Waals surface area contributed by atoms with Crippen LogP contribution in [0, 0.1) is 25.2 Å². The molecule has 9 nitrogen and oxygen atoms in total. The first kappa shape index (κ1) is 18.7. The molecule has 148 valence electrons. The topological polar surface area (TPSA) is 142 Å². The largest absolute Gasteiger partial charge is 0.508 e.